The Labute approximate surface area is 168 Å². The van der Waals surface area contributed by atoms with Gasteiger partial charge in [-0.15, -0.1) is 0 Å². The quantitative estimate of drug-likeness (QED) is 0.672. The Balaban J connectivity index is 1.92. The van der Waals surface area contributed by atoms with E-state index < -0.39 is 27.4 Å². The Morgan fingerprint density at radius 2 is 1.57 bits per heavy atom. The molecule has 152 valence electrons. The van der Waals surface area contributed by atoms with Gasteiger partial charge in [-0.3, -0.25) is 0 Å². The van der Waals surface area contributed by atoms with Crippen LogP contribution in [0, 0.1) is 0 Å². The molecule has 0 aromatic heterocycles. The summed E-state index contributed by atoms with van der Waals surface area (Å²) in [6.07, 6.45) is -2.41. The molecule has 3 rings (SSSR count). The summed E-state index contributed by atoms with van der Waals surface area (Å²) in [5, 5.41) is 22.1. The summed E-state index contributed by atoms with van der Waals surface area (Å²) < 4.78 is 18.7. The SMILES string of the molecule is CC(C)(C)O[C@H]1CO[C@H]([C@H](O)CO)[C@@H]1O[SiH](c1ccccc1)c1ccccc1. The molecule has 0 spiro atoms. The van der Waals surface area contributed by atoms with Crippen LogP contribution in [0.2, 0.25) is 0 Å². The van der Waals surface area contributed by atoms with Crippen LogP contribution >= 0.6 is 0 Å². The molecule has 0 radical (unpaired) electrons. The second-order valence-corrected chi connectivity index (χ2v) is 10.5. The monoisotopic (exact) mass is 402 g/mol. The number of ether oxygens (including phenoxy) is 2. The smallest absolute Gasteiger partial charge is 0.240 e. The van der Waals surface area contributed by atoms with Gasteiger partial charge in [0.2, 0.25) is 9.04 Å². The lowest BCUT2D eigenvalue weighted by atomic mass is 10.1. The number of hydrogen-bond donors (Lipinski definition) is 2. The zero-order chi connectivity index (χ0) is 20.1. The first kappa shape index (κ1) is 21.2. The molecule has 0 aliphatic carbocycles. The Morgan fingerprint density at radius 1 is 1.04 bits per heavy atom. The highest BCUT2D eigenvalue weighted by Crippen LogP contribution is 2.27. The molecule has 0 amide bonds. The molecular weight excluding hydrogens is 372 g/mol. The topological polar surface area (TPSA) is 68.2 Å². The van der Waals surface area contributed by atoms with E-state index in [1.807, 2.05) is 57.2 Å². The molecule has 5 nitrogen and oxygen atoms in total. The van der Waals surface area contributed by atoms with Crippen LogP contribution in [0.5, 0.6) is 0 Å². The summed E-state index contributed by atoms with van der Waals surface area (Å²) in [4.78, 5) is 0. The Kier molecular flexibility index (Phi) is 7.03. The number of aliphatic hydroxyl groups excluding tert-OH is 2. The zero-order valence-corrected chi connectivity index (χ0v) is 17.8. The standard InChI is InChI=1S/C22H30O5Si/c1-22(2,3)26-19-15-25-20(18(24)14-23)21(19)27-28(16-10-6-4-7-11-16)17-12-8-5-9-13-17/h4-13,18-21,23-24,28H,14-15H2,1-3H3/t18-,19+,20-,21-/m1/s1. The maximum Gasteiger partial charge on any atom is 0.240 e. The molecule has 2 aromatic rings. The average Bonchev–Trinajstić information content (AvgIpc) is 3.07. The van der Waals surface area contributed by atoms with E-state index in [-0.39, 0.29) is 18.3 Å². The van der Waals surface area contributed by atoms with Crippen LogP contribution in [0.4, 0.5) is 0 Å². The normalized spacial score (nSPS) is 23.9. The van der Waals surface area contributed by atoms with Crippen molar-refractivity contribution < 1.29 is 24.1 Å². The second kappa shape index (κ2) is 9.30. The lowest BCUT2D eigenvalue weighted by Gasteiger charge is -2.33. The number of rotatable bonds is 7. The minimum atomic E-state index is -2.05. The number of aliphatic hydroxyl groups is 2. The highest BCUT2D eigenvalue weighted by molar-refractivity contribution is 6.80. The molecule has 2 N–H and O–H groups in total. The van der Waals surface area contributed by atoms with Gasteiger partial charge in [-0.05, 0) is 31.1 Å². The van der Waals surface area contributed by atoms with Gasteiger partial charge >= 0.3 is 0 Å². The van der Waals surface area contributed by atoms with E-state index in [1.165, 1.54) is 0 Å². The molecule has 1 aliphatic heterocycles. The van der Waals surface area contributed by atoms with Crippen molar-refractivity contribution in [2.75, 3.05) is 13.2 Å². The fourth-order valence-corrected chi connectivity index (χ4v) is 6.01. The third kappa shape index (κ3) is 5.29. The molecule has 6 heteroatoms. The predicted molar refractivity (Wildman–Crippen MR) is 112 cm³/mol. The van der Waals surface area contributed by atoms with Crippen LogP contribution in [0.3, 0.4) is 0 Å². The van der Waals surface area contributed by atoms with Gasteiger partial charge in [0.15, 0.2) is 0 Å². The van der Waals surface area contributed by atoms with Gasteiger partial charge in [-0.1, -0.05) is 60.7 Å². The first-order valence-electron chi connectivity index (χ1n) is 9.73. The zero-order valence-electron chi connectivity index (χ0n) is 16.7. The van der Waals surface area contributed by atoms with Crippen molar-refractivity contribution in [1.82, 2.24) is 0 Å². The second-order valence-electron chi connectivity index (χ2n) is 8.12. The van der Waals surface area contributed by atoms with Gasteiger partial charge in [-0.2, -0.15) is 0 Å². The molecule has 0 unspecified atom stereocenters. The molecule has 28 heavy (non-hydrogen) atoms. The minimum absolute atomic E-state index is 0.311. The van der Waals surface area contributed by atoms with E-state index in [1.54, 1.807) is 0 Å². The largest absolute Gasteiger partial charge is 0.402 e. The van der Waals surface area contributed by atoms with Crippen molar-refractivity contribution in [3.63, 3.8) is 0 Å². The molecule has 0 saturated carbocycles. The van der Waals surface area contributed by atoms with Gasteiger partial charge in [0.05, 0.1) is 18.8 Å². The lowest BCUT2D eigenvalue weighted by Crippen LogP contribution is -2.54. The third-order valence-corrected chi connectivity index (χ3v) is 7.28. The maximum atomic E-state index is 10.3. The lowest BCUT2D eigenvalue weighted by molar-refractivity contribution is -0.0961. The van der Waals surface area contributed by atoms with Gasteiger partial charge in [0.25, 0.3) is 0 Å². The average molecular weight is 403 g/mol. The maximum absolute atomic E-state index is 10.3. The van der Waals surface area contributed by atoms with Crippen LogP contribution in [0.1, 0.15) is 20.8 Å². The molecule has 1 aliphatic rings. The van der Waals surface area contributed by atoms with Crippen molar-refractivity contribution >= 4 is 19.4 Å². The van der Waals surface area contributed by atoms with Crippen molar-refractivity contribution in [2.45, 2.75) is 50.8 Å². The molecule has 1 heterocycles. The van der Waals surface area contributed by atoms with E-state index in [0.29, 0.717) is 6.61 Å². The molecule has 4 atom stereocenters. The van der Waals surface area contributed by atoms with Crippen LogP contribution in [0.25, 0.3) is 0 Å². The van der Waals surface area contributed by atoms with Crippen LogP contribution in [-0.2, 0) is 13.9 Å². The van der Waals surface area contributed by atoms with Crippen molar-refractivity contribution in [2.24, 2.45) is 0 Å². The number of benzene rings is 2. The van der Waals surface area contributed by atoms with Gasteiger partial charge < -0.3 is 24.1 Å². The molecular formula is C22H30O5Si. The van der Waals surface area contributed by atoms with E-state index in [4.69, 9.17) is 13.9 Å². The molecule has 1 fully saturated rings. The van der Waals surface area contributed by atoms with Crippen molar-refractivity contribution in [3.8, 4) is 0 Å². The summed E-state index contributed by atoms with van der Waals surface area (Å²) in [5.41, 5.74) is -0.370. The van der Waals surface area contributed by atoms with Gasteiger partial charge in [-0.25, -0.2) is 0 Å². The first-order valence-corrected chi connectivity index (χ1v) is 11.4. The summed E-state index contributed by atoms with van der Waals surface area (Å²) in [5.74, 6) is 0. The summed E-state index contributed by atoms with van der Waals surface area (Å²) >= 11 is 0. The third-order valence-electron chi connectivity index (χ3n) is 4.71. The molecule has 2 aromatic carbocycles. The summed E-state index contributed by atoms with van der Waals surface area (Å²) in [7, 11) is -2.05. The van der Waals surface area contributed by atoms with E-state index in [2.05, 4.69) is 24.3 Å². The van der Waals surface area contributed by atoms with E-state index >= 15 is 0 Å². The van der Waals surface area contributed by atoms with Gasteiger partial charge in [0, 0.05) is 0 Å². The summed E-state index contributed by atoms with van der Waals surface area (Å²) in [6, 6.07) is 20.3. The van der Waals surface area contributed by atoms with Crippen LogP contribution in [-0.4, -0.2) is 62.5 Å². The van der Waals surface area contributed by atoms with Crippen molar-refractivity contribution in [3.05, 3.63) is 60.7 Å². The predicted octanol–water partition coefficient (Wildman–Crippen LogP) is 0.846. The minimum Gasteiger partial charge on any atom is -0.402 e. The highest BCUT2D eigenvalue weighted by Gasteiger charge is 2.45. The van der Waals surface area contributed by atoms with E-state index in [0.717, 1.165) is 10.4 Å². The van der Waals surface area contributed by atoms with Crippen LogP contribution in [0.15, 0.2) is 60.7 Å². The number of hydrogen-bond acceptors (Lipinski definition) is 5. The van der Waals surface area contributed by atoms with E-state index in [9.17, 15) is 10.2 Å². The summed E-state index contributed by atoms with van der Waals surface area (Å²) in [6.45, 7) is 5.92. The Bertz CT molecular complexity index is 679. The Morgan fingerprint density at radius 3 is 2.04 bits per heavy atom. The fraction of sp³-hybridized carbons (Fsp3) is 0.455. The van der Waals surface area contributed by atoms with Crippen molar-refractivity contribution in [1.29, 1.82) is 0 Å². The van der Waals surface area contributed by atoms with Crippen LogP contribution < -0.4 is 10.4 Å². The molecule has 1 saturated heterocycles. The fourth-order valence-electron chi connectivity index (χ4n) is 3.52. The Hall–Kier alpha value is -1.54. The van der Waals surface area contributed by atoms with Gasteiger partial charge in [0.1, 0.15) is 24.4 Å². The highest BCUT2D eigenvalue weighted by atomic mass is 28.3. The first-order chi connectivity index (χ1) is 13.4. The molecule has 0 bridgehead atoms.